The maximum atomic E-state index is 12.7. The van der Waals surface area contributed by atoms with Gasteiger partial charge in [-0.15, -0.1) is 0 Å². The van der Waals surface area contributed by atoms with Gasteiger partial charge in [0.1, 0.15) is 19.0 Å². The molecule has 0 fully saturated rings. The molecule has 184 valence electrons. The molecular formula is C31H24O6. The summed E-state index contributed by atoms with van der Waals surface area (Å²) in [5.41, 5.74) is 4.13. The summed E-state index contributed by atoms with van der Waals surface area (Å²) >= 11 is 0. The highest BCUT2D eigenvalue weighted by molar-refractivity contribution is 5.97. The Kier molecular flexibility index (Phi) is 7.91. The van der Waals surface area contributed by atoms with Crippen molar-refractivity contribution >= 4 is 28.7 Å². The Bertz CT molecular complexity index is 1470. The molecule has 0 aromatic heterocycles. The summed E-state index contributed by atoms with van der Waals surface area (Å²) in [6.45, 7) is 7.04. The number of benzene rings is 4. The molecule has 0 aliphatic carbocycles. The Morgan fingerprint density at radius 1 is 0.622 bits per heavy atom. The third-order valence-corrected chi connectivity index (χ3v) is 5.59. The summed E-state index contributed by atoms with van der Waals surface area (Å²) in [5.74, 6) is -1.03. The molecule has 0 radical (unpaired) electrons. The van der Waals surface area contributed by atoms with Gasteiger partial charge >= 0.3 is 17.9 Å². The summed E-state index contributed by atoms with van der Waals surface area (Å²) < 4.78 is 15.5. The highest BCUT2D eigenvalue weighted by Crippen LogP contribution is 2.26. The second-order valence-electron chi connectivity index (χ2n) is 8.13. The first-order chi connectivity index (χ1) is 17.9. The van der Waals surface area contributed by atoms with Crippen molar-refractivity contribution in [3.05, 3.63) is 127 Å². The van der Waals surface area contributed by atoms with Crippen molar-refractivity contribution in [3.8, 4) is 16.9 Å². The highest BCUT2D eigenvalue weighted by atomic mass is 16.5. The molecule has 0 aliphatic heterocycles. The molecule has 0 spiro atoms. The average molecular weight is 493 g/mol. The van der Waals surface area contributed by atoms with Gasteiger partial charge in [-0.2, -0.15) is 0 Å². The molecule has 0 atom stereocenters. The molecule has 0 saturated carbocycles. The second-order valence-corrected chi connectivity index (χ2v) is 8.13. The van der Waals surface area contributed by atoms with E-state index in [2.05, 4.69) is 19.2 Å². The van der Waals surface area contributed by atoms with Crippen LogP contribution in [-0.4, -0.2) is 17.9 Å². The van der Waals surface area contributed by atoms with Crippen LogP contribution in [-0.2, 0) is 32.3 Å². The van der Waals surface area contributed by atoms with Crippen LogP contribution in [0.1, 0.15) is 21.5 Å². The van der Waals surface area contributed by atoms with Gasteiger partial charge in [0.2, 0.25) is 0 Å². The first-order valence-corrected chi connectivity index (χ1v) is 11.5. The zero-order valence-corrected chi connectivity index (χ0v) is 20.0. The zero-order valence-electron chi connectivity index (χ0n) is 20.0. The lowest BCUT2D eigenvalue weighted by Crippen LogP contribution is -2.08. The van der Waals surface area contributed by atoms with Crippen molar-refractivity contribution in [3.63, 3.8) is 0 Å². The largest absolute Gasteiger partial charge is 0.458 e. The van der Waals surface area contributed by atoms with Crippen molar-refractivity contribution in [2.24, 2.45) is 0 Å². The fourth-order valence-corrected chi connectivity index (χ4v) is 3.59. The molecule has 6 heteroatoms. The topological polar surface area (TPSA) is 78.9 Å². The molecule has 0 bridgehead atoms. The number of fused-ring (bicyclic) bond motifs is 1. The molecule has 0 aliphatic rings. The van der Waals surface area contributed by atoms with E-state index in [0.29, 0.717) is 11.3 Å². The summed E-state index contributed by atoms with van der Waals surface area (Å²) in [6, 6.07) is 25.9. The maximum absolute atomic E-state index is 12.7. The first kappa shape index (κ1) is 25.1. The van der Waals surface area contributed by atoms with Crippen molar-refractivity contribution in [2.75, 3.05) is 0 Å². The van der Waals surface area contributed by atoms with Crippen LogP contribution in [0.15, 0.2) is 110 Å². The Balaban J connectivity index is 1.41. The molecule has 0 heterocycles. The monoisotopic (exact) mass is 492 g/mol. The number of hydrogen-bond acceptors (Lipinski definition) is 6. The van der Waals surface area contributed by atoms with Gasteiger partial charge in [-0.05, 0) is 63.4 Å². The fourth-order valence-electron chi connectivity index (χ4n) is 3.59. The minimum absolute atomic E-state index is 0.112. The standard InChI is InChI=1S/C31H24O6/c1-3-29(32)35-19-21-5-9-23(10-6-21)24-11-12-26-18-27(14-13-25(26)17-24)31(34)37-28-15-7-22(8-16-28)20-36-30(33)4-2/h3-18H,1-2,19-20H2. The van der Waals surface area contributed by atoms with Gasteiger partial charge in [-0.3, -0.25) is 0 Å². The second kappa shape index (κ2) is 11.6. The summed E-state index contributed by atoms with van der Waals surface area (Å²) in [4.78, 5) is 35.1. The summed E-state index contributed by atoms with van der Waals surface area (Å²) in [5, 5.41) is 1.89. The van der Waals surface area contributed by atoms with Crippen LogP contribution >= 0.6 is 0 Å². The van der Waals surface area contributed by atoms with Crippen molar-refractivity contribution in [2.45, 2.75) is 13.2 Å². The summed E-state index contributed by atoms with van der Waals surface area (Å²) in [6.07, 6.45) is 2.24. The minimum atomic E-state index is -0.499. The fraction of sp³-hybridized carbons (Fsp3) is 0.0645. The zero-order chi connectivity index (χ0) is 26.2. The van der Waals surface area contributed by atoms with Crippen molar-refractivity contribution < 1.29 is 28.6 Å². The maximum Gasteiger partial charge on any atom is 0.343 e. The smallest absolute Gasteiger partial charge is 0.343 e. The highest BCUT2D eigenvalue weighted by Gasteiger charge is 2.11. The van der Waals surface area contributed by atoms with Crippen LogP contribution in [0.4, 0.5) is 0 Å². The van der Waals surface area contributed by atoms with Crippen molar-refractivity contribution in [1.82, 2.24) is 0 Å². The molecular weight excluding hydrogens is 468 g/mol. The van der Waals surface area contributed by atoms with Crippen LogP contribution in [0.3, 0.4) is 0 Å². The van der Waals surface area contributed by atoms with Crippen LogP contribution in [0.2, 0.25) is 0 Å². The first-order valence-electron chi connectivity index (χ1n) is 11.5. The van der Waals surface area contributed by atoms with Crippen LogP contribution in [0.25, 0.3) is 21.9 Å². The molecule has 4 aromatic rings. The lowest BCUT2D eigenvalue weighted by Gasteiger charge is -2.09. The van der Waals surface area contributed by atoms with Crippen molar-refractivity contribution in [1.29, 1.82) is 0 Å². The number of esters is 3. The number of rotatable bonds is 9. The average Bonchev–Trinajstić information content (AvgIpc) is 2.95. The third kappa shape index (κ3) is 6.58. The van der Waals surface area contributed by atoms with E-state index in [0.717, 1.165) is 45.2 Å². The van der Waals surface area contributed by atoms with E-state index in [1.165, 1.54) is 0 Å². The van der Waals surface area contributed by atoms with Crippen LogP contribution in [0, 0.1) is 0 Å². The predicted molar refractivity (Wildman–Crippen MR) is 141 cm³/mol. The third-order valence-electron chi connectivity index (χ3n) is 5.59. The van der Waals surface area contributed by atoms with Gasteiger partial charge in [0.05, 0.1) is 5.56 Å². The van der Waals surface area contributed by atoms with Gasteiger partial charge < -0.3 is 14.2 Å². The molecule has 0 unspecified atom stereocenters. The Labute approximate surface area is 214 Å². The molecule has 4 rings (SSSR count). The van der Waals surface area contributed by atoms with E-state index >= 15 is 0 Å². The molecule has 0 N–H and O–H groups in total. The van der Waals surface area contributed by atoms with Crippen LogP contribution in [0.5, 0.6) is 5.75 Å². The Hall–Kier alpha value is -4.97. The van der Waals surface area contributed by atoms with Gasteiger partial charge in [0, 0.05) is 12.2 Å². The van der Waals surface area contributed by atoms with Crippen LogP contribution < -0.4 is 4.74 Å². The quantitative estimate of drug-likeness (QED) is 0.158. The van der Waals surface area contributed by atoms with E-state index < -0.39 is 17.9 Å². The molecule has 0 saturated heterocycles. The molecule has 0 amide bonds. The van der Waals surface area contributed by atoms with Gasteiger partial charge in [0.15, 0.2) is 0 Å². The number of carbonyl (C=O) groups excluding carboxylic acids is 3. The van der Waals surface area contributed by atoms with Gasteiger partial charge in [-0.1, -0.05) is 67.8 Å². The Morgan fingerprint density at radius 3 is 1.73 bits per heavy atom. The molecule has 4 aromatic carbocycles. The lowest BCUT2D eigenvalue weighted by molar-refractivity contribution is -0.139. The van der Waals surface area contributed by atoms with E-state index in [-0.39, 0.29) is 13.2 Å². The lowest BCUT2D eigenvalue weighted by atomic mass is 9.99. The number of carbonyl (C=O) groups is 3. The normalized spacial score (nSPS) is 10.4. The van der Waals surface area contributed by atoms with Gasteiger partial charge in [0.25, 0.3) is 0 Å². The molecule has 37 heavy (non-hydrogen) atoms. The SMILES string of the molecule is C=CC(=O)OCc1ccc(OC(=O)c2ccc3cc(-c4ccc(COC(=O)C=C)cc4)ccc3c2)cc1. The molecule has 6 nitrogen and oxygen atoms in total. The van der Waals surface area contributed by atoms with Gasteiger partial charge in [-0.25, -0.2) is 14.4 Å². The Morgan fingerprint density at radius 2 is 1.14 bits per heavy atom. The van der Waals surface area contributed by atoms with E-state index in [9.17, 15) is 14.4 Å². The van der Waals surface area contributed by atoms with E-state index in [1.54, 1.807) is 36.4 Å². The number of hydrogen-bond donors (Lipinski definition) is 0. The predicted octanol–water partition coefficient (Wildman–Crippen LogP) is 6.18. The minimum Gasteiger partial charge on any atom is -0.458 e. The van der Waals surface area contributed by atoms with E-state index in [4.69, 9.17) is 14.2 Å². The van der Waals surface area contributed by atoms with E-state index in [1.807, 2.05) is 42.5 Å². The number of ether oxygens (including phenoxy) is 3. The summed E-state index contributed by atoms with van der Waals surface area (Å²) in [7, 11) is 0.